The highest BCUT2D eigenvalue weighted by atomic mass is 35.5. The van der Waals surface area contributed by atoms with Crippen LogP contribution in [0.15, 0.2) is 71.6 Å². The Morgan fingerprint density at radius 3 is 2.73 bits per heavy atom. The molecule has 0 radical (unpaired) electrons. The number of halogens is 1. The van der Waals surface area contributed by atoms with Crippen molar-refractivity contribution in [3.63, 3.8) is 0 Å². The quantitative estimate of drug-likeness (QED) is 0.415. The number of nitrogens with zero attached hydrogens (tertiary/aromatic N) is 4. The van der Waals surface area contributed by atoms with E-state index in [0.717, 1.165) is 5.56 Å². The van der Waals surface area contributed by atoms with Crippen molar-refractivity contribution in [2.24, 2.45) is 0 Å². The zero-order valence-electron chi connectivity index (χ0n) is 15.3. The molecule has 2 aromatic carbocycles. The summed E-state index contributed by atoms with van der Waals surface area (Å²) in [5.41, 5.74) is 3.79. The number of hydrogen-bond acceptors (Lipinski definition) is 6. The third kappa shape index (κ3) is 3.40. The van der Waals surface area contributed by atoms with Crippen LogP contribution in [0.5, 0.6) is 0 Å². The summed E-state index contributed by atoms with van der Waals surface area (Å²) in [4.78, 5) is 25.6. The average Bonchev–Trinajstić information content (AvgIpc) is 3.47. The van der Waals surface area contributed by atoms with Crippen molar-refractivity contribution >= 4 is 34.2 Å². The topological polar surface area (TPSA) is 110 Å². The molecule has 5 aromatic rings. The molecule has 1 amide bonds. The van der Waals surface area contributed by atoms with E-state index in [2.05, 4.69) is 30.5 Å². The van der Waals surface area contributed by atoms with Crippen LogP contribution in [0.25, 0.3) is 33.9 Å². The van der Waals surface area contributed by atoms with Crippen LogP contribution >= 0.6 is 11.6 Å². The third-order valence-electron chi connectivity index (χ3n) is 4.46. The summed E-state index contributed by atoms with van der Waals surface area (Å²) in [5.74, 6) is 0.684. The molecule has 146 valence electrons. The number of aromatic amines is 1. The van der Waals surface area contributed by atoms with Gasteiger partial charge in [0.25, 0.3) is 5.91 Å². The van der Waals surface area contributed by atoms with Crippen LogP contribution in [0.4, 0.5) is 5.69 Å². The molecule has 0 aliphatic rings. The molecule has 0 saturated carbocycles. The maximum atomic E-state index is 12.7. The minimum atomic E-state index is -0.254. The van der Waals surface area contributed by atoms with Gasteiger partial charge in [0.2, 0.25) is 5.89 Å². The lowest BCUT2D eigenvalue weighted by Crippen LogP contribution is -2.11. The summed E-state index contributed by atoms with van der Waals surface area (Å²) >= 11 is 6.20. The minimum Gasteiger partial charge on any atom is -0.445 e. The molecule has 2 N–H and O–H groups in total. The van der Waals surface area contributed by atoms with E-state index in [0.29, 0.717) is 39.6 Å². The number of nitrogens with one attached hydrogen (secondary N) is 2. The number of benzene rings is 2. The summed E-state index contributed by atoms with van der Waals surface area (Å²) in [6.07, 6.45) is 4.67. The van der Waals surface area contributed by atoms with Crippen LogP contribution in [-0.4, -0.2) is 31.1 Å². The third-order valence-corrected chi connectivity index (χ3v) is 4.73. The molecule has 0 fully saturated rings. The number of H-pyrrole nitrogens is 1. The molecule has 0 aliphatic heterocycles. The molecule has 0 unspecified atom stereocenters. The Hall–Kier alpha value is -4.04. The monoisotopic (exact) mass is 416 g/mol. The molecule has 0 aliphatic carbocycles. The highest BCUT2D eigenvalue weighted by molar-refractivity contribution is 6.33. The highest BCUT2D eigenvalue weighted by Crippen LogP contribution is 2.24. The van der Waals surface area contributed by atoms with E-state index in [-0.39, 0.29) is 11.1 Å². The van der Waals surface area contributed by atoms with Crippen molar-refractivity contribution in [1.82, 2.24) is 25.1 Å². The Bertz CT molecular complexity index is 1350. The van der Waals surface area contributed by atoms with Gasteiger partial charge in [-0.2, -0.15) is 5.10 Å². The predicted molar refractivity (Wildman–Crippen MR) is 112 cm³/mol. The van der Waals surface area contributed by atoms with Crippen molar-refractivity contribution in [2.45, 2.75) is 0 Å². The zero-order chi connectivity index (χ0) is 20.5. The molecule has 8 nitrogen and oxygen atoms in total. The lowest BCUT2D eigenvalue weighted by atomic mass is 10.1. The molecule has 3 aromatic heterocycles. The van der Waals surface area contributed by atoms with E-state index in [4.69, 9.17) is 16.0 Å². The van der Waals surface area contributed by atoms with Crippen LogP contribution < -0.4 is 5.32 Å². The van der Waals surface area contributed by atoms with Crippen molar-refractivity contribution in [3.8, 4) is 22.8 Å². The molecule has 0 atom stereocenters. The van der Waals surface area contributed by atoms with Crippen LogP contribution in [0.2, 0.25) is 5.15 Å². The molecule has 3 heterocycles. The first-order chi connectivity index (χ1) is 14.7. The van der Waals surface area contributed by atoms with Crippen molar-refractivity contribution in [2.75, 3.05) is 5.32 Å². The average molecular weight is 417 g/mol. The van der Waals surface area contributed by atoms with Crippen molar-refractivity contribution < 1.29 is 9.21 Å². The summed E-state index contributed by atoms with van der Waals surface area (Å²) in [6, 6.07) is 14.3. The van der Waals surface area contributed by atoms with E-state index in [1.165, 1.54) is 6.26 Å². The largest absolute Gasteiger partial charge is 0.445 e. The Labute approximate surface area is 175 Å². The number of rotatable bonds is 4. The van der Waals surface area contributed by atoms with Gasteiger partial charge in [-0.15, -0.1) is 0 Å². The Kier molecular flexibility index (Phi) is 4.45. The standard InChI is InChI=1S/C21H13ClN6O2/c22-18-17-16(11-24-28-17)26-19(27-18)13-2-1-3-14(10-13)20(29)25-15-6-4-12(5-7-15)21-23-8-9-30-21/h1-11H,(H,24,28)(H,25,29). The molecular weight excluding hydrogens is 404 g/mol. The first kappa shape index (κ1) is 18.0. The predicted octanol–water partition coefficient (Wildman–Crippen LogP) is 4.58. The lowest BCUT2D eigenvalue weighted by Gasteiger charge is -2.08. The number of oxazole rings is 1. The van der Waals surface area contributed by atoms with Gasteiger partial charge >= 0.3 is 0 Å². The number of carbonyl (C=O) groups excluding carboxylic acids is 1. The molecule has 30 heavy (non-hydrogen) atoms. The summed E-state index contributed by atoms with van der Waals surface area (Å²) in [5, 5.41) is 9.83. The molecular formula is C21H13ClN6O2. The first-order valence-electron chi connectivity index (χ1n) is 8.96. The molecule has 0 spiro atoms. The summed E-state index contributed by atoms with van der Waals surface area (Å²) < 4.78 is 5.27. The SMILES string of the molecule is O=C(Nc1ccc(-c2ncco2)cc1)c1cccc(-c2nc(Cl)c3[nH]ncc3n2)c1. The van der Waals surface area contributed by atoms with Gasteiger partial charge in [-0.1, -0.05) is 23.7 Å². The number of aromatic nitrogens is 5. The van der Waals surface area contributed by atoms with E-state index < -0.39 is 0 Å². The Balaban J connectivity index is 1.38. The Morgan fingerprint density at radius 2 is 1.93 bits per heavy atom. The fourth-order valence-corrected chi connectivity index (χ4v) is 3.22. The smallest absolute Gasteiger partial charge is 0.255 e. The van der Waals surface area contributed by atoms with Gasteiger partial charge in [0.1, 0.15) is 17.3 Å². The normalized spacial score (nSPS) is 11.0. The lowest BCUT2D eigenvalue weighted by molar-refractivity contribution is 0.102. The number of fused-ring (bicyclic) bond motifs is 1. The van der Waals surface area contributed by atoms with Gasteiger partial charge < -0.3 is 9.73 Å². The second kappa shape index (κ2) is 7.41. The fraction of sp³-hybridized carbons (Fsp3) is 0. The highest BCUT2D eigenvalue weighted by Gasteiger charge is 2.12. The molecule has 0 saturated heterocycles. The minimum absolute atomic E-state index is 0.254. The number of anilines is 1. The van der Waals surface area contributed by atoms with Crippen LogP contribution in [-0.2, 0) is 0 Å². The second-order valence-electron chi connectivity index (χ2n) is 6.42. The van der Waals surface area contributed by atoms with Crippen molar-refractivity contribution in [1.29, 1.82) is 0 Å². The number of hydrogen-bond donors (Lipinski definition) is 2. The van der Waals surface area contributed by atoms with Gasteiger partial charge in [-0.25, -0.2) is 15.0 Å². The summed E-state index contributed by atoms with van der Waals surface area (Å²) in [7, 11) is 0. The van der Waals surface area contributed by atoms with Gasteiger partial charge in [-0.05, 0) is 36.4 Å². The van der Waals surface area contributed by atoms with Gasteiger partial charge in [0, 0.05) is 22.4 Å². The molecule has 5 rings (SSSR count). The zero-order valence-corrected chi connectivity index (χ0v) is 16.1. The van der Waals surface area contributed by atoms with Crippen molar-refractivity contribution in [3.05, 3.63) is 77.9 Å². The van der Waals surface area contributed by atoms with Crippen LogP contribution in [0.1, 0.15) is 10.4 Å². The van der Waals surface area contributed by atoms with Crippen LogP contribution in [0.3, 0.4) is 0 Å². The maximum absolute atomic E-state index is 12.7. The summed E-state index contributed by atoms with van der Waals surface area (Å²) in [6.45, 7) is 0. The first-order valence-corrected chi connectivity index (χ1v) is 9.33. The molecule has 0 bridgehead atoms. The molecule has 9 heteroatoms. The van der Waals surface area contributed by atoms with E-state index >= 15 is 0 Å². The van der Waals surface area contributed by atoms with E-state index in [1.54, 1.807) is 42.7 Å². The van der Waals surface area contributed by atoms with E-state index in [1.807, 2.05) is 18.2 Å². The van der Waals surface area contributed by atoms with Gasteiger partial charge in [0.05, 0.1) is 12.4 Å². The van der Waals surface area contributed by atoms with Gasteiger partial charge in [-0.3, -0.25) is 9.89 Å². The van der Waals surface area contributed by atoms with Gasteiger partial charge in [0.15, 0.2) is 11.0 Å². The number of carbonyl (C=O) groups is 1. The number of amides is 1. The van der Waals surface area contributed by atoms with Crippen LogP contribution in [0, 0.1) is 0 Å². The second-order valence-corrected chi connectivity index (χ2v) is 6.78. The fourth-order valence-electron chi connectivity index (χ4n) is 3.00. The Morgan fingerprint density at radius 1 is 1.07 bits per heavy atom. The maximum Gasteiger partial charge on any atom is 0.255 e. The van der Waals surface area contributed by atoms with E-state index in [9.17, 15) is 4.79 Å².